The average molecular weight is 292 g/mol. The Bertz CT molecular complexity index is 307. The monoisotopic (exact) mass is 291 g/mol. The Morgan fingerprint density at radius 3 is 2.61 bits per heavy atom. The number of halogens is 1. The lowest BCUT2D eigenvalue weighted by Crippen LogP contribution is -2.05. The number of rotatable bonds is 11. The van der Waals surface area contributed by atoms with E-state index < -0.39 is 0 Å². The summed E-state index contributed by atoms with van der Waals surface area (Å²) in [4.78, 5) is 4.42. The van der Waals surface area contributed by atoms with Gasteiger partial charge in [0.15, 0.2) is 0 Å². The predicted molar refractivity (Wildman–Crippen MR) is 76.5 cm³/mol. The number of nitrogens with zero attached hydrogens (tertiary/aromatic N) is 1. The highest BCUT2D eigenvalue weighted by atomic mass is 35.5. The van der Waals surface area contributed by atoms with Gasteiger partial charge in [-0.2, -0.15) is 0 Å². The quantitative estimate of drug-likeness (QED) is 0.461. The summed E-state index contributed by atoms with van der Waals surface area (Å²) >= 11 is 7.40. The Hall–Kier alpha value is -0.160. The molecule has 3 nitrogen and oxygen atoms in total. The molecule has 0 saturated heterocycles. The van der Waals surface area contributed by atoms with Crippen LogP contribution in [-0.4, -0.2) is 31.4 Å². The van der Waals surface area contributed by atoms with Gasteiger partial charge in [0.05, 0.1) is 29.8 Å². The summed E-state index contributed by atoms with van der Waals surface area (Å²) < 4.78 is 10.8. The Balaban J connectivity index is 1.89. The van der Waals surface area contributed by atoms with E-state index in [4.69, 9.17) is 21.1 Å². The number of hydrogen-bond acceptors (Lipinski definition) is 4. The third-order valence-electron chi connectivity index (χ3n) is 2.39. The van der Waals surface area contributed by atoms with E-state index in [1.165, 1.54) is 5.01 Å². The van der Waals surface area contributed by atoms with E-state index in [0.29, 0.717) is 19.1 Å². The SMILES string of the molecule is CCCOCCOCCCCc1nc(CCl)cs1. The molecule has 1 rings (SSSR count). The van der Waals surface area contributed by atoms with Crippen molar-refractivity contribution >= 4 is 22.9 Å². The molecule has 0 aromatic carbocycles. The highest BCUT2D eigenvalue weighted by Crippen LogP contribution is 2.13. The van der Waals surface area contributed by atoms with Crippen molar-refractivity contribution < 1.29 is 9.47 Å². The van der Waals surface area contributed by atoms with Gasteiger partial charge in [-0.3, -0.25) is 0 Å². The molecule has 104 valence electrons. The van der Waals surface area contributed by atoms with Gasteiger partial charge in [0.25, 0.3) is 0 Å². The van der Waals surface area contributed by atoms with E-state index in [1.807, 2.05) is 5.38 Å². The van der Waals surface area contributed by atoms with Crippen LogP contribution < -0.4 is 0 Å². The minimum Gasteiger partial charge on any atom is -0.379 e. The highest BCUT2D eigenvalue weighted by Gasteiger charge is 2.00. The predicted octanol–water partition coefficient (Wildman–Crippen LogP) is 3.65. The van der Waals surface area contributed by atoms with Gasteiger partial charge in [-0.1, -0.05) is 6.92 Å². The molecule has 0 atom stereocenters. The van der Waals surface area contributed by atoms with Crippen LogP contribution in [0.15, 0.2) is 5.38 Å². The fraction of sp³-hybridized carbons (Fsp3) is 0.769. The van der Waals surface area contributed by atoms with Crippen molar-refractivity contribution in [2.45, 2.75) is 38.5 Å². The van der Waals surface area contributed by atoms with E-state index in [9.17, 15) is 0 Å². The second-order valence-electron chi connectivity index (χ2n) is 4.05. The molecule has 0 aliphatic heterocycles. The minimum atomic E-state index is 0.511. The van der Waals surface area contributed by atoms with Crippen molar-refractivity contribution in [3.8, 4) is 0 Å². The standard InChI is InChI=1S/C13H22ClNO2S/c1-2-6-16-8-9-17-7-4-3-5-13-15-12(10-14)11-18-13/h11H,2-10H2,1H3. The minimum absolute atomic E-state index is 0.511. The van der Waals surface area contributed by atoms with Gasteiger partial charge in [0.1, 0.15) is 0 Å². The number of aryl methyl sites for hydroxylation is 1. The molecule has 0 bridgehead atoms. The maximum Gasteiger partial charge on any atom is 0.0928 e. The molecule has 1 aromatic heterocycles. The fourth-order valence-electron chi connectivity index (χ4n) is 1.47. The van der Waals surface area contributed by atoms with Crippen LogP contribution in [0, 0.1) is 0 Å². The molecule has 1 heterocycles. The first-order valence-corrected chi connectivity index (χ1v) is 7.93. The van der Waals surface area contributed by atoms with Gasteiger partial charge < -0.3 is 9.47 Å². The molecule has 0 amide bonds. The Morgan fingerprint density at radius 2 is 1.94 bits per heavy atom. The van der Waals surface area contributed by atoms with Crippen molar-refractivity contribution in [2.24, 2.45) is 0 Å². The maximum absolute atomic E-state index is 5.71. The normalized spacial score (nSPS) is 11.0. The van der Waals surface area contributed by atoms with Gasteiger partial charge in [-0.05, 0) is 25.7 Å². The number of unbranched alkanes of at least 4 members (excludes halogenated alkanes) is 1. The van der Waals surface area contributed by atoms with Gasteiger partial charge in [0, 0.05) is 18.6 Å². The zero-order valence-electron chi connectivity index (χ0n) is 11.0. The van der Waals surface area contributed by atoms with Crippen LogP contribution >= 0.6 is 22.9 Å². The van der Waals surface area contributed by atoms with Crippen molar-refractivity contribution in [3.05, 3.63) is 16.1 Å². The topological polar surface area (TPSA) is 31.4 Å². The maximum atomic E-state index is 5.71. The molecule has 5 heteroatoms. The molecule has 0 unspecified atom stereocenters. The van der Waals surface area contributed by atoms with Crippen LogP contribution in [0.5, 0.6) is 0 Å². The van der Waals surface area contributed by atoms with E-state index >= 15 is 0 Å². The number of thiazole rings is 1. The Kier molecular flexibility index (Phi) is 9.48. The number of aromatic nitrogens is 1. The van der Waals surface area contributed by atoms with Crippen LogP contribution in [0.3, 0.4) is 0 Å². The zero-order valence-corrected chi connectivity index (χ0v) is 12.6. The first-order chi connectivity index (χ1) is 8.86. The smallest absolute Gasteiger partial charge is 0.0928 e. The first-order valence-electron chi connectivity index (χ1n) is 6.51. The van der Waals surface area contributed by atoms with E-state index in [-0.39, 0.29) is 0 Å². The molecule has 0 aliphatic rings. The van der Waals surface area contributed by atoms with E-state index in [2.05, 4.69) is 11.9 Å². The molecule has 0 saturated carbocycles. The van der Waals surface area contributed by atoms with Crippen LogP contribution in [0.4, 0.5) is 0 Å². The lowest BCUT2D eigenvalue weighted by Gasteiger charge is -2.04. The van der Waals surface area contributed by atoms with Gasteiger partial charge in [-0.25, -0.2) is 4.98 Å². The molecule has 18 heavy (non-hydrogen) atoms. The number of ether oxygens (including phenoxy) is 2. The molecule has 0 radical (unpaired) electrons. The summed E-state index contributed by atoms with van der Waals surface area (Å²) in [6.45, 7) is 5.15. The average Bonchev–Trinajstić information content (AvgIpc) is 2.85. The summed E-state index contributed by atoms with van der Waals surface area (Å²) in [6.07, 6.45) is 4.28. The third-order valence-corrected chi connectivity index (χ3v) is 3.62. The number of hydrogen-bond donors (Lipinski definition) is 0. The molecule has 0 N–H and O–H groups in total. The van der Waals surface area contributed by atoms with Crippen LogP contribution in [0.1, 0.15) is 36.9 Å². The summed E-state index contributed by atoms with van der Waals surface area (Å²) in [5.74, 6) is 0.511. The summed E-state index contributed by atoms with van der Waals surface area (Å²) in [7, 11) is 0. The van der Waals surface area contributed by atoms with E-state index in [0.717, 1.165) is 44.6 Å². The molecule has 1 aromatic rings. The number of alkyl halides is 1. The highest BCUT2D eigenvalue weighted by molar-refractivity contribution is 7.09. The summed E-state index contributed by atoms with van der Waals surface area (Å²) in [5, 5.41) is 3.21. The molecule has 0 aliphatic carbocycles. The van der Waals surface area contributed by atoms with Crippen molar-refractivity contribution in [1.82, 2.24) is 4.98 Å². The van der Waals surface area contributed by atoms with Crippen molar-refractivity contribution in [2.75, 3.05) is 26.4 Å². The van der Waals surface area contributed by atoms with Crippen molar-refractivity contribution in [3.63, 3.8) is 0 Å². The summed E-state index contributed by atoms with van der Waals surface area (Å²) in [6, 6.07) is 0. The van der Waals surface area contributed by atoms with Crippen LogP contribution in [0.2, 0.25) is 0 Å². The second kappa shape index (κ2) is 10.7. The lowest BCUT2D eigenvalue weighted by molar-refractivity contribution is 0.0467. The van der Waals surface area contributed by atoms with Gasteiger partial charge >= 0.3 is 0 Å². The van der Waals surface area contributed by atoms with Gasteiger partial charge in [-0.15, -0.1) is 22.9 Å². The van der Waals surface area contributed by atoms with E-state index in [1.54, 1.807) is 11.3 Å². The Morgan fingerprint density at radius 1 is 1.17 bits per heavy atom. The zero-order chi connectivity index (χ0) is 13.1. The van der Waals surface area contributed by atoms with Gasteiger partial charge in [0.2, 0.25) is 0 Å². The van der Waals surface area contributed by atoms with Crippen LogP contribution in [-0.2, 0) is 21.8 Å². The molecule has 0 spiro atoms. The lowest BCUT2D eigenvalue weighted by atomic mass is 10.2. The summed E-state index contributed by atoms with van der Waals surface area (Å²) in [5.41, 5.74) is 0.987. The molecular formula is C13H22ClNO2S. The van der Waals surface area contributed by atoms with Crippen LogP contribution in [0.25, 0.3) is 0 Å². The fourth-order valence-corrected chi connectivity index (χ4v) is 2.54. The molecular weight excluding hydrogens is 270 g/mol. The largest absolute Gasteiger partial charge is 0.379 e. The second-order valence-corrected chi connectivity index (χ2v) is 5.26. The van der Waals surface area contributed by atoms with Crippen molar-refractivity contribution in [1.29, 1.82) is 0 Å². The third kappa shape index (κ3) is 7.31. The first kappa shape index (κ1) is 15.9. The molecule has 0 fully saturated rings. The Labute approximate surface area is 118 Å².